The van der Waals surface area contributed by atoms with E-state index in [9.17, 15) is 4.79 Å². The lowest BCUT2D eigenvalue weighted by molar-refractivity contribution is 0.102. The summed E-state index contributed by atoms with van der Waals surface area (Å²) in [5.41, 5.74) is 3.48. The molecule has 2 aromatic carbocycles. The van der Waals surface area contributed by atoms with Crippen molar-refractivity contribution in [3.05, 3.63) is 57.6 Å². The Kier molecular flexibility index (Phi) is 5.02. The Hall–Kier alpha value is -1.81. The van der Waals surface area contributed by atoms with Crippen molar-refractivity contribution in [1.29, 1.82) is 0 Å². The fraction of sp³-hybridized carbons (Fsp3) is 0.235. The van der Waals surface area contributed by atoms with Crippen molar-refractivity contribution in [2.75, 3.05) is 11.9 Å². The number of hydrogen-bond acceptors (Lipinski definition) is 2. The minimum absolute atomic E-state index is 0.173. The molecule has 0 unspecified atom stereocenters. The summed E-state index contributed by atoms with van der Waals surface area (Å²) in [4.78, 5) is 12.5. The van der Waals surface area contributed by atoms with Crippen LogP contribution in [0.3, 0.4) is 0 Å². The van der Waals surface area contributed by atoms with Crippen LogP contribution in [-0.2, 0) is 0 Å². The summed E-state index contributed by atoms with van der Waals surface area (Å²) >= 11 is 3.39. The number of carbonyl (C=O) groups is 1. The maximum Gasteiger partial charge on any atom is 0.259 e. The number of aryl methyl sites for hydroxylation is 2. The number of amides is 1. The molecule has 0 aliphatic heterocycles. The Morgan fingerprint density at radius 3 is 2.67 bits per heavy atom. The molecular formula is C17H18BrNO2. The first-order valence-electron chi connectivity index (χ1n) is 6.82. The van der Waals surface area contributed by atoms with Crippen LogP contribution in [0.5, 0.6) is 5.75 Å². The van der Waals surface area contributed by atoms with E-state index in [1.54, 1.807) is 12.1 Å². The molecular weight excluding hydrogens is 330 g/mol. The second-order valence-corrected chi connectivity index (χ2v) is 5.76. The summed E-state index contributed by atoms with van der Waals surface area (Å²) in [5.74, 6) is 0.414. The molecule has 0 saturated heterocycles. The van der Waals surface area contributed by atoms with E-state index in [-0.39, 0.29) is 5.91 Å². The van der Waals surface area contributed by atoms with Crippen LogP contribution in [0.25, 0.3) is 0 Å². The van der Waals surface area contributed by atoms with Crippen LogP contribution in [0.4, 0.5) is 5.69 Å². The van der Waals surface area contributed by atoms with Crippen LogP contribution in [0.1, 0.15) is 28.4 Å². The maximum absolute atomic E-state index is 12.5. The van der Waals surface area contributed by atoms with Crippen molar-refractivity contribution in [2.45, 2.75) is 20.8 Å². The standard InChI is InChI=1S/C17H18BrNO2/c1-4-21-16-8-7-13(18)10-14(16)17(20)19-15-9-11(2)5-6-12(15)3/h5-10H,4H2,1-3H3,(H,19,20). The van der Waals surface area contributed by atoms with Crippen molar-refractivity contribution in [3.63, 3.8) is 0 Å². The van der Waals surface area contributed by atoms with Crippen molar-refractivity contribution in [1.82, 2.24) is 0 Å². The lowest BCUT2D eigenvalue weighted by Gasteiger charge is -2.13. The van der Waals surface area contributed by atoms with Gasteiger partial charge in [-0.1, -0.05) is 28.1 Å². The molecule has 0 bridgehead atoms. The Balaban J connectivity index is 2.31. The third-order valence-electron chi connectivity index (χ3n) is 3.13. The van der Waals surface area contributed by atoms with Gasteiger partial charge in [0.15, 0.2) is 0 Å². The maximum atomic E-state index is 12.5. The number of nitrogens with one attached hydrogen (secondary N) is 1. The predicted octanol–water partition coefficient (Wildman–Crippen LogP) is 4.72. The summed E-state index contributed by atoms with van der Waals surface area (Å²) in [6, 6.07) is 11.4. The average molecular weight is 348 g/mol. The Labute approximate surface area is 133 Å². The molecule has 1 amide bonds. The first-order valence-corrected chi connectivity index (χ1v) is 7.61. The Morgan fingerprint density at radius 2 is 1.95 bits per heavy atom. The van der Waals surface area contributed by atoms with Gasteiger partial charge in [-0.05, 0) is 56.2 Å². The number of hydrogen-bond donors (Lipinski definition) is 1. The van der Waals surface area contributed by atoms with Gasteiger partial charge in [0.1, 0.15) is 5.75 Å². The zero-order valence-corrected chi connectivity index (χ0v) is 14.0. The van der Waals surface area contributed by atoms with Crippen LogP contribution >= 0.6 is 15.9 Å². The van der Waals surface area contributed by atoms with E-state index in [1.807, 2.05) is 45.0 Å². The van der Waals surface area contributed by atoms with Crippen LogP contribution in [-0.4, -0.2) is 12.5 Å². The Bertz CT molecular complexity index is 668. The summed E-state index contributed by atoms with van der Waals surface area (Å²) in [5, 5.41) is 2.95. The van der Waals surface area contributed by atoms with Crippen molar-refractivity contribution < 1.29 is 9.53 Å². The largest absolute Gasteiger partial charge is 0.493 e. The summed E-state index contributed by atoms with van der Waals surface area (Å²) in [6.07, 6.45) is 0. The number of rotatable bonds is 4. The van der Waals surface area contributed by atoms with E-state index in [0.29, 0.717) is 17.9 Å². The van der Waals surface area contributed by atoms with Crippen LogP contribution < -0.4 is 10.1 Å². The zero-order valence-electron chi connectivity index (χ0n) is 12.4. The molecule has 21 heavy (non-hydrogen) atoms. The number of anilines is 1. The molecule has 0 heterocycles. The first kappa shape index (κ1) is 15.6. The third kappa shape index (κ3) is 3.85. The molecule has 110 valence electrons. The van der Waals surface area contributed by atoms with Crippen LogP contribution in [0.15, 0.2) is 40.9 Å². The molecule has 0 radical (unpaired) electrons. The van der Waals surface area contributed by atoms with Crippen molar-refractivity contribution in [2.24, 2.45) is 0 Å². The van der Waals surface area contributed by atoms with E-state index < -0.39 is 0 Å². The minimum atomic E-state index is -0.173. The highest BCUT2D eigenvalue weighted by Crippen LogP contribution is 2.25. The minimum Gasteiger partial charge on any atom is -0.493 e. The smallest absolute Gasteiger partial charge is 0.259 e. The van der Waals surface area contributed by atoms with Gasteiger partial charge in [-0.15, -0.1) is 0 Å². The second kappa shape index (κ2) is 6.76. The van der Waals surface area contributed by atoms with Crippen molar-refractivity contribution in [3.8, 4) is 5.75 Å². The van der Waals surface area contributed by atoms with Crippen LogP contribution in [0.2, 0.25) is 0 Å². The number of benzene rings is 2. The molecule has 0 aliphatic carbocycles. The fourth-order valence-corrected chi connectivity index (χ4v) is 2.38. The lowest BCUT2D eigenvalue weighted by Crippen LogP contribution is -2.14. The second-order valence-electron chi connectivity index (χ2n) is 4.85. The summed E-state index contributed by atoms with van der Waals surface area (Å²) in [7, 11) is 0. The molecule has 0 atom stereocenters. The van der Waals surface area contributed by atoms with Gasteiger partial charge >= 0.3 is 0 Å². The number of halogens is 1. The van der Waals surface area contributed by atoms with E-state index in [0.717, 1.165) is 21.3 Å². The molecule has 0 aromatic heterocycles. The predicted molar refractivity (Wildman–Crippen MR) is 89.2 cm³/mol. The highest BCUT2D eigenvalue weighted by atomic mass is 79.9. The van der Waals surface area contributed by atoms with Gasteiger partial charge in [-0.3, -0.25) is 4.79 Å². The zero-order chi connectivity index (χ0) is 15.4. The molecule has 0 saturated carbocycles. The topological polar surface area (TPSA) is 38.3 Å². The normalized spacial score (nSPS) is 10.3. The first-order chi connectivity index (χ1) is 10.0. The molecule has 0 spiro atoms. The molecule has 1 N–H and O–H groups in total. The van der Waals surface area contributed by atoms with Crippen LogP contribution in [0, 0.1) is 13.8 Å². The van der Waals surface area contributed by atoms with E-state index in [2.05, 4.69) is 21.2 Å². The fourth-order valence-electron chi connectivity index (χ4n) is 2.02. The van der Waals surface area contributed by atoms with Gasteiger partial charge in [0, 0.05) is 10.2 Å². The summed E-state index contributed by atoms with van der Waals surface area (Å²) < 4.78 is 6.37. The highest BCUT2D eigenvalue weighted by molar-refractivity contribution is 9.10. The van der Waals surface area contributed by atoms with Crippen molar-refractivity contribution >= 4 is 27.5 Å². The van der Waals surface area contributed by atoms with E-state index in [1.165, 1.54) is 0 Å². The van der Waals surface area contributed by atoms with E-state index >= 15 is 0 Å². The lowest BCUT2D eigenvalue weighted by atomic mass is 10.1. The molecule has 4 heteroatoms. The Morgan fingerprint density at radius 1 is 1.19 bits per heavy atom. The SMILES string of the molecule is CCOc1ccc(Br)cc1C(=O)Nc1cc(C)ccc1C. The van der Waals surface area contributed by atoms with Gasteiger partial charge in [0.25, 0.3) is 5.91 Å². The van der Waals surface area contributed by atoms with Gasteiger partial charge in [0.05, 0.1) is 12.2 Å². The molecule has 0 aliphatic rings. The van der Waals surface area contributed by atoms with E-state index in [4.69, 9.17) is 4.74 Å². The summed E-state index contributed by atoms with van der Waals surface area (Å²) in [6.45, 7) is 6.39. The van der Waals surface area contributed by atoms with Gasteiger partial charge in [-0.2, -0.15) is 0 Å². The van der Waals surface area contributed by atoms with Gasteiger partial charge in [0.2, 0.25) is 0 Å². The third-order valence-corrected chi connectivity index (χ3v) is 3.62. The molecule has 3 nitrogen and oxygen atoms in total. The molecule has 0 fully saturated rings. The average Bonchev–Trinajstić information content (AvgIpc) is 2.45. The van der Waals surface area contributed by atoms with Gasteiger partial charge in [-0.25, -0.2) is 0 Å². The molecule has 2 aromatic rings. The number of carbonyl (C=O) groups excluding carboxylic acids is 1. The highest BCUT2D eigenvalue weighted by Gasteiger charge is 2.14. The quantitative estimate of drug-likeness (QED) is 0.868. The van der Waals surface area contributed by atoms with Gasteiger partial charge < -0.3 is 10.1 Å². The molecule has 2 rings (SSSR count). The monoisotopic (exact) mass is 347 g/mol. The number of ether oxygens (including phenoxy) is 1.